The molecule has 2 heterocycles. The number of aromatic nitrogens is 2. The highest BCUT2D eigenvalue weighted by Crippen LogP contribution is 2.15. The van der Waals surface area contributed by atoms with Crippen LogP contribution in [0.5, 0.6) is 5.88 Å². The van der Waals surface area contributed by atoms with Gasteiger partial charge in [-0.25, -0.2) is 9.78 Å². The van der Waals surface area contributed by atoms with Crippen molar-refractivity contribution in [3.8, 4) is 5.88 Å². The molecule has 0 aromatic carbocycles. The maximum Gasteiger partial charge on any atom is 0.372 e. The minimum absolute atomic E-state index is 0.132. The highest BCUT2D eigenvalue weighted by atomic mass is 16.4. The summed E-state index contributed by atoms with van der Waals surface area (Å²) in [4.78, 5) is 14.3. The monoisotopic (exact) mass is 178 g/mol. The van der Waals surface area contributed by atoms with Gasteiger partial charge in [-0.3, -0.25) is 4.40 Å². The summed E-state index contributed by atoms with van der Waals surface area (Å²) in [6, 6.07) is 4.69. The van der Waals surface area contributed by atoms with Crippen molar-refractivity contribution in [1.82, 2.24) is 9.38 Å². The van der Waals surface area contributed by atoms with Crippen molar-refractivity contribution in [2.24, 2.45) is 0 Å². The number of carboxylic acids is 1. The van der Waals surface area contributed by atoms with E-state index in [9.17, 15) is 9.90 Å². The molecule has 0 saturated carbocycles. The number of aromatic hydroxyl groups is 1. The van der Waals surface area contributed by atoms with Gasteiger partial charge in [0.25, 0.3) is 0 Å². The number of aromatic carboxylic acids is 1. The van der Waals surface area contributed by atoms with Gasteiger partial charge in [-0.05, 0) is 12.1 Å². The van der Waals surface area contributed by atoms with E-state index in [1.807, 2.05) is 0 Å². The Balaban J connectivity index is 2.86. The predicted molar refractivity (Wildman–Crippen MR) is 43.8 cm³/mol. The van der Waals surface area contributed by atoms with E-state index >= 15 is 0 Å². The Bertz CT molecular complexity index is 475. The van der Waals surface area contributed by atoms with E-state index in [0.29, 0.717) is 5.52 Å². The quantitative estimate of drug-likeness (QED) is 0.675. The van der Waals surface area contributed by atoms with Crippen molar-refractivity contribution in [3.05, 3.63) is 30.2 Å². The Morgan fingerprint density at radius 3 is 2.92 bits per heavy atom. The number of rotatable bonds is 1. The van der Waals surface area contributed by atoms with Crippen LogP contribution in [-0.4, -0.2) is 25.6 Å². The number of hydrogen-bond donors (Lipinski definition) is 2. The van der Waals surface area contributed by atoms with E-state index in [1.54, 1.807) is 12.1 Å². The summed E-state index contributed by atoms with van der Waals surface area (Å²) in [5.74, 6) is -1.48. The Kier molecular flexibility index (Phi) is 1.45. The molecule has 0 amide bonds. The fourth-order valence-corrected chi connectivity index (χ4v) is 1.18. The molecule has 0 aliphatic carbocycles. The Morgan fingerprint density at radius 2 is 2.23 bits per heavy atom. The molecule has 66 valence electrons. The van der Waals surface area contributed by atoms with Gasteiger partial charge in [0.15, 0.2) is 5.88 Å². The number of imidazole rings is 1. The molecule has 0 bridgehead atoms. The standard InChI is InChI=1S/C8H6N2O3/c11-6-3-1-2-5-4-9-7(8(12)13)10(5)6/h1-4,11H,(H,12,13). The highest BCUT2D eigenvalue weighted by Gasteiger charge is 2.12. The molecule has 0 fully saturated rings. The summed E-state index contributed by atoms with van der Waals surface area (Å²) in [6.45, 7) is 0. The summed E-state index contributed by atoms with van der Waals surface area (Å²) in [5.41, 5.74) is 0.553. The van der Waals surface area contributed by atoms with Crippen molar-refractivity contribution in [1.29, 1.82) is 0 Å². The lowest BCUT2D eigenvalue weighted by molar-refractivity contribution is 0.0681. The van der Waals surface area contributed by atoms with Crippen LogP contribution in [0.15, 0.2) is 24.4 Å². The molecule has 0 radical (unpaired) electrons. The zero-order chi connectivity index (χ0) is 9.42. The van der Waals surface area contributed by atoms with Crippen molar-refractivity contribution >= 4 is 11.5 Å². The smallest absolute Gasteiger partial charge is 0.372 e. The third-order valence-electron chi connectivity index (χ3n) is 1.72. The van der Waals surface area contributed by atoms with Gasteiger partial charge in [-0.2, -0.15) is 0 Å². The third-order valence-corrected chi connectivity index (χ3v) is 1.72. The van der Waals surface area contributed by atoms with Crippen LogP contribution in [0.4, 0.5) is 0 Å². The summed E-state index contributed by atoms with van der Waals surface area (Å²) in [6.07, 6.45) is 1.39. The van der Waals surface area contributed by atoms with Crippen LogP contribution in [0.25, 0.3) is 5.52 Å². The molecule has 5 heteroatoms. The van der Waals surface area contributed by atoms with Gasteiger partial charge in [0.2, 0.25) is 5.82 Å². The zero-order valence-corrected chi connectivity index (χ0v) is 6.51. The fourth-order valence-electron chi connectivity index (χ4n) is 1.18. The lowest BCUT2D eigenvalue weighted by Crippen LogP contribution is -2.03. The minimum atomic E-state index is -1.17. The van der Waals surface area contributed by atoms with Gasteiger partial charge in [0.05, 0.1) is 11.7 Å². The molecule has 0 unspecified atom stereocenters. The van der Waals surface area contributed by atoms with Crippen LogP contribution in [0.1, 0.15) is 10.6 Å². The average Bonchev–Trinajstić information content (AvgIpc) is 2.49. The van der Waals surface area contributed by atoms with Gasteiger partial charge in [0.1, 0.15) is 0 Å². The lowest BCUT2D eigenvalue weighted by atomic mass is 10.4. The molecule has 2 aromatic heterocycles. The van der Waals surface area contributed by atoms with Crippen LogP contribution in [0.2, 0.25) is 0 Å². The maximum absolute atomic E-state index is 10.6. The van der Waals surface area contributed by atoms with Crippen molar-refractivity contribution in [2.45, 2.75) is 0 Å². The Labute approximate surface area is 72.9 Å². The number of pyridine rings is 1. The Hall–Kier alpha value is -2.04. The molecule has 0 saturated heterocycles. The third kappa shape index (κ3) is 1.01. The number of carboxylic acid groups (broad SMARTS) is 1. The molecule has 0 aliphatic rings. The van der Waals surface area contributed by atoms with Crippen LogP contribution < -0.4 is 0 Å². The largest absolute Gasteiger partial charge is 0.494 e. The van der Waals surface area contributed by atoms with Crippen LogP contribution in [0.3, 0.4) is 0 Å². The van der Waals surface area contributed by atoms with E-state index in [-0.39, 0.29) is 11.7 Å². The first-order chi connectivity index (χ1) is 6.20. The maximum atomic E-state index is 10.6. The molecule has 0 spiro atoms. The number of nitrogens with zero attached hydrogens (tertiary/aromatic N) is 2. The number of hydrogen-bond acceptors (Lipinski definition) is 3. The first-order valence-electron chi connectivity index (χ1n) is 3.59. The second-order valence-corrected chi connectivity index (χ2v) is 2.53. The number of fused-ring (bicyclic) bond motifs is 1. The van der Waals surface area contributed by atoms with Crippen molar-refractivity contribution < 1.29 is 15.0 Å². The first-order valence-corrected chi connectivity index (χ1v) is 3.59. The fraction of sp³-hybridized carbons (Fsp3) is 0. The van der Waals surface area contributed by atoms with Gasteiger partial charge in [-0.15, -0.1) is 0 Å². The van der Waals surface area contributed by atoms with Gasteiger partial charge in [-0.1, -0.05) is 6.07 Å². The van der Waals surface area contributed by atoms with Crippen LogP contribution in [0, 0.1) is 0 Å². The normalized spacial score (nSPS) is 10.5. The zero-order valence-electron chi connectivity index (χ0n) is 6.51. The second kappa shape index (κ2) is 2.48. The topological polar surface area (TPSA) is 74.8 Å². The van der Waals surface area contributed by atoms with Gasteiger partial charge < -0.3 is 10.2 Å². The Morgan fingerprint density at radius 1 is 1.46 bits per heavy atom. The molecule has 0 atom stereocenters. The van der Waals surface area contributed by atoms with Gasteiger partial charge >= 0.3 is 5.97 Å². The first kappa shape index (κ1) is 7.60. The summed E-state index contributed by atoms with van der Waals surface area (Å²) >= 11 is 0. The molecular weight excluding hydrogens is 172 g/mol. The van der Waals surface area contributed by atoms with Crippen LogP contribution in [-0.2, 0) is 0 Å². The SMILES string of the molecule is O=C(O)c1ncc2cccc(O)n12. The molecular formula is C8H6N2O3. The molecule has 5 nitrogen and oxygen atoms in total. The van der Waals surface area contributed by atoms with E-state index in [4.69, 9.17) is 5.11 Å². The lowest BCUT2D eigenvalue weighted by Gasteiger charge is -1.98. The molecule has 2 aromatic rings. The number of carbonyl (C=O) groups is 1. The van der Waals surface area contributed by atoms with E-state index in [2.05, 4.69) is 4.98 Å². The molecule has 13 heavy (non-hydrogen) atoms. The molecule has 2 rings (SSSR count). The summed E-state index contributed by atoms with van der Waals surface area (Å²) < 4.78 is 1.17. The molecule has 2 N–H and O–H groups in total. The second-order valence-electron chi connectivity index (χ2n) is 2.53. The predicted octanol–water partition coefficient (Wildman–Crippen LogP) is 0.738. The van der Waals surface area contributed by atoms with Crippen molar-refractivity contribution in [3.63, 3.8) is 0 Å². The molecule has 0 aliphatic heterocycles. The summed E-state index contributed by atoms with van der Waals surface area (Å²) in [5, 5.41) is 18.1. The van der Waals surface area contributed by atoms with E-state index in [1.165, 1.54) is 16.7 Å². The summed E-state index contributed by atoms with van der Waals surface area (Å²) in [7, 11) is 0. The highest BCUT2D eigenvalue weighted by molar-refractivity contribution is 5.85. The van der Waals surface area contributed by atoms with Crippen molar-refractivity contribution in [2.75, 3.05) is 0 Å². The van der Waals surface area contributed by atoms with Gasteiger partial charge in [0, 0.05) is 0 Å². The van der Waals surface area contributed by atoms with E-state index in [0.717, 1.165) is 0 Å². The van der Waals surface area contributed by atoms with E-state index < -0.39 is 5.97 Å². The average molecular weight is 178 g/mol. The minimum Gasteiger partial charge on any atom is -0.494 e. The van der Waals surface area contributed by atoms with Crippen LogP contribution >= 0.6 is 0 Å².